The second kappa shape index (κ2) is 6.13. The lowest BCUT2D eigenvalue weighted by molar-refractivity contribution is 1.05. The molecule has 6 nitrogen and oxygen atoms in total. The van der Waals surface area contributed by atoms with Crippen molar-refractivity contribution in [2.24, 2.45) is 10.2 Å². The number of nitrogens with one attached hydrogen (secondary N) is 2. The number of hydrogen-bond acceptors (Lipinski definition) is 4. The zero-order chi connectivity index (χ0) is 15.5. The first-order valence-electron chi connectivity index (χ1n) is 6.24. The van der Waals surface area contributed by atoms with Crippen LogP contribution in [-0.4, -0.2) is 15.2 Å². The minimum atomic E-state index is -0.400. The van der Waals surface area contributed by atoms with E-state index in [9.17, 15) is 4.79 Å². The molecule has 22 heavy (non-hydrogen) atoms. The third kappa shape index (κ3) is 2.93. The first-order valence-corrected chi connectivity index (χ1v) is 6.99. The average molecular weight is 334 g/mol. The third-order valence-corrected chi connectivity index (χ3v) is 3.39. The van der Waals surface area contributed by atoms with Crippen LogP contribution in [0.4, 0.5) is 11.4 Å². The SMILES string of the molecule is O=c1[nH][nH]c(-c2ccccn2)c1N=Nc1cc(Cl)ccc1Cl. The van der Waals surface area contributed by atoms with E-state index in [1.54, 1.807) is 36.5 Å². The first kappa shape index (κ1) is 14.5. The van der Waals surface area contributed by atoms with Crippen LogP contribution in [-0.2, 0) is 0 Å². The number of H-pyrrole nitrogens is 2. The Morgan fingerprint density at radius 3 is 2.68 bits per heavy atom. The maximum absolute atomic E-state index is 11.9. The van der Waals surface area contributed by atoms with E-state index in [0.29, 0.717) is 27.1 Å². The maximum Gasteiger partial charge on any atom is 0.292 e. The van der Waals surface area contributed by atoms with Crippen LogP contribution in [0.25, 0.3) is 11.4 Å². The van der Waals surface area contributed by atoms with Gasteiger partial charge in [-0.25, -0.2) is 0 Å². The van der Waals surface area contributed by atoms with E-state index in [-0.39, 0.29) is 5.69 Å². The van der Waals surface area contributed by atoms with Crippen molar-refractivity contribution in [3.63, 3.8) is 0 Å². The van der Waals surface area contributed by atoms with Gasteiger partial charge in [0.25, 0.3) is 5.56 Å². The predicted octanol–water partition coefficient (Wildman–Crippen LogP) is 4.49. The molecule has 3 aromatic rings. The molecule has 2 N–H and O–H groups in total. The van der Waals surface area contributed by atoms with E-state index >= 15 is 0 Å². The van der Waals surface area contributed by atoms with Crippen molar-refractivity contribution >= 4 is 34.6 Å². The second-order valence-electron chi connectivity index (χ2n) is 4.31. The molecule has 0 unspecified atom stereocenters. The van der Waals surface area contributed by atoms with Crippen molar-refractivity contribution < 1.29 is 0 Å². The molecule has 0 bridgehead atoms. The molecular formula is C14H9Cl2N5O. The molecule has 0 atom stereocenters. The van der Waals surface area contributed by atoms with Gasteiger partial charge in [-0.05, 0) is 30.3 Å². The number of halogens is 2. The van der Waals surface area contributed by atoms with Crippen LogP contribution in [0, 0.1) is 0 Å². The van der Waals surface area contributed by atoms with Gasteiger partial charge in [-0.3, -0.25) is 20.0 Å². The zero-order valence-electron chi connectivity index (χ0n) is 11.0. The fourth-order valence-corrected chi connectivity index (χ4v) is 2.13. The standard InChI is InChI=1S/C14H9Cl2N5O/c15-8-4-5-9(16)11(7-8)18-20-13-12(19-21-14(13)22)10-3-1-2-6-17-10/h1-7H,(H2,19,21,22). The third-order valence-electron chi connectivity index (χ3n) is 2.84. The Morgan fingerprint density at radius 1 is 1.05 bits per heavy atom. The number of benzene rings is 1. The highest BCUT2D eigenvalue weighted by Gasteiger charge is 2.12. The summed E-state index contributed by atoms with van der Waals surface area (Å²) < 4.78 is 0. The number of aromatic nitrogens is 3. The number of azo groups is 1. The van der Waals surface area contributed by atoms with Crippen LogP contribution in [0.5, 0.6) is 0 Å². The largest absolute Gasteiger partial charge is 0.294 e. The Labute approximate surface area is 134 Å². The molecular weight excluding hydrogens is 325 g/mol. The van der Waals surface area contributed by atoms with Gasteiger partial charge < -0.3 is 0 Å². The Hall–Kier alpha value is -2.44. The highest BCUT2D eigenvalue weighted by atomic mass is 35.5. The summed E-state index contributed by atoms with van der Waals surface area (Å²) in [6.45, 7) is 0. The molecule has 0 aliphatic rings. The number of aromatic amines is 2. The summed E-state index contributed by atoms with van der Waals surface area (Å²) >= 11 is 11.9. The van der Waals surface area contributed by atoms with Gasteiger partial charge in [0.1, 0.15) is 11.4 Å². The molecule has 2 aromatic heterocycles. The molecule has 0 saturated heterocycles. The van der Waals surface area contributed by atoms with E-state index in [4.69, 9.17) is 23.2 Å². The summed E-state index contributed by atoms with van der Waals surface area (Å²) in [5.74, 6) is 0. The Balaban J connectivity index is 2.03. The summed E-state index contributed by atoms with van der Waals surface area (Å²) in [6.07, 6.45) is 1.62. The van der Waals surface area contributed by atoms with Gasteiger partial charge in [-0.1, -0.05) is 29.3 Å². The average Bonchev–Trinajstić information content (AvgIpc) is 2.90. The summed E-state index contributed by atoms with van der Waals surface area (Å²) in [5, 5.41) is 14.0. The van der Waals surface area contributed by atoms with E-state index in [1.165, 1.54) is 0 Å². The smallest absolute Gasteiger partial charge is 0.292 e. The molecule has 8 heteroatoms. The lowest BCUT2D eigenvalue weighted by Gasteiger charge is -1.98. The Kier molecular flexibility index (Phi) is 4.04. The second-order valence-corrected chi connectivity index (χ2v) is 5.16. The highest BCUT2D eigenvalue weighted by molar-refractivity contribution is 6.35. The minimum absolute atomic E-state index is 0.120. The fraction of sp³-hybridized carbons (Fsp3) is 0. The van der Waals surface area contributed by atoms with Crippen molar-refractivity contribution in [3.8, 4) is 11.4 Å². The van der Waals surface area contributed by atoms with Gasteiger partial charge in [-0.2, -0.15) is 0 Å². The fourth-order valence-electron chi connectivity index (χ4n) is 1.81. The number of hydrogen-bond donors (Lipinski definition) is 2. The quantitative estimate of drug-likeness (QED) is 0.692. The van der Waals surface area contributed by atoms with Gasteiger partial charge in [-0.15, -0.1) is 10.2 Å². The van der Waals surface area contributed by atoms with Gasteiger partial charge in [0.15, 0.2) is 5.69 Å². The van der Waals surface area contributed by atoms with Crippen molar-refractivity contribution in [2.75, 3.05) is 0 Å². The summed E-state index contributed by atoms with van der Waals surface area (Å²) in [4.78, 5) is 16.0. The maximum atomic E-state index is 11.9. The van der Waals surface area contributed by atoms with Crippen LogP contribution >= 0.6 is 23.2 Å². The topological polar surface area (TPSA) is 86.3 Å². The van der Waals surface area contributed by atoms with Crippen molar-refractivity contribution in [1.82, 2.24) is 15.2 Å². The van der Waals surface area contributed by atoms with Crippen LogP contribution in [0.15, 0.2) is 57.6 Å². The van der Waals surface area contributed by atoms with Gasteiger partial charge in [0, 0.05) is 11.2 Å². The van der Waals surface area contributed by atoms with Gasteiger partial charge >= 0.3 is 0 Å². The van der Waals surface area contributed by atoms with Crippen LogP contribution in [0.1, 0.15) is 0 Å². The highest BCUT2D eigenvalue weighted by Crippen LogP contribution is 2.30. The molecule has 0 saturated carbocycles. The first-order chi connectivity index (χ1) is 10.6. The molecule has 110 valence electrons. The molecule has 0 fully saturated rings. The van der Waals surface area contributed by atoms with Crippen LogP contribution in [0.2, 0.25) is 10.0 Å². The molecule has 0 aliphatic heterocycles. The molecule has 1 aromatic carbocycles. The van der Waals surface area contributed by atoms with Crippen LogP contribution < -0.4 is 5.56 Å². The molecule has 0 spiro atoms. The number of nitrogens with zero attached hydrogens (tertiary/aromatic N) is 3. The van der Waals surface area contributed by atoms with Gasteiger partial charge in [0.05, 0.1) is 10.7 Å². The number of pyridine rings is 1. The van der Waals surface area contributed by atoms with Crippen molar-refractivity contribution in [2.45, 2.75) is 0 Å². The molecule has 0 aliphatic carbocycles. The summed E-state index contributed by atoms with van der Waals surface area (Å²) in [5.41, 5.74) is 1.12. The Morgan fingerprint density at radius 2 is 1.91 bits per heavy atom. The van der Waals surface area contributed by atoms with E-state index in [1.807, 2.05) is 6.07 Å². The van der Waals surface area contributed by atoms with E-state index in [2.05, 4.69) is 25.4 Å². The predicted molar refractivity (Wildman–Crippen MR) is 85.3 cm³/mol. The zero-order valence-corrected chi connectivity index (χ0v) is 12.6. The number of rotatable bonds is 3. The lowest BCUT2D eigenvalue weighted by Crippen LogP contribution is -1.96. The minimum Gasteiger partial charge on any atom is -0.294 e. The van der Waals surface area contributed by atoms with Crippen molar-refractivity contribution in [1.29, 1.82) is 0 Å². The molecule has 0 radical (unpaired) electrons. The summed E-state index contributed by atoms with van der Waals surface area (Å²) in [6, 6.07) is 10.2. The molecule has 3 rings (SSSR count). The molecule has 0 amide bonds. The van der Waals surface area contributed by atoms with Crippen LogP contribution in [0.3, 0.4) is 0 Å². The monoisotopic (exact) mass is 333 g/mol. The normalized spacial score (nSPS) is 11.2. The van der Waals surface area contributed by atoms with Gasteiger partial charge in [0.2, 0.25) is 0 Å². The lowest BCUT2D eigenvalue weighted by atomic mass is 10.2. The summed E-state index contributed by atoms with van der Waals surface area (Å²) in [7, 11) is 0. The van der Waals surface area contributed by atoms with Crippen molar-refractivity contribution in [3.05, 3.63) is 63.0 Å². The Bertz CT molecular complexity index is 886. The van der Waals surface area contributed by atoms with E-state index in [0.717, 1.165) is 0 Å². The van der Waals surface area contributed by atoms with E-state index < -0.39 is 5.56 Å². The molecule has 2 heterocycles.